The summed E-state index contributed by atoms with van der Waals surface area (Å²) in [5, 5.41) is 0.685. The fraction of sp³-hybridized carbons (Fsp3) is 0.111. The van der Waals surface area contributed by atoms with Crippen molar-refractivity contribution < 1.29 is 0 Å². The number of halogens is 1. The molecule has 0 bridgehead atoms. The fourth-order valence-electron chi connectivity index (χ4n) is 2.96. The molecule has 0 radical (unpaired) electrons. The molecule has 5 heteroatoms. The van der Waals surface area contributed by atoms with Gasteiger partial charge < -0.3 is 5.73 Å². The van der Waals surface area contributed by atoms with Crippen LogP contribution in [0.4, 0.5) is 0 Å². The molecule has 0 amide bonds. The molecule has 114 valence electrons. The Hall–Kier alpha value is -2.43. The lowest BCUT2D eigenvalue weighted by Crippen LogP contribution is -2.11. The van der Waals surface area contributed by atoms with Crippen LogP contribution in [0, 0.1) is 0 Å². The van der Waals surface area contributed by atoms with Crippen molar-refractivity contribution in [1.29, 1.82) is 0 Å². The number of hydrogen-bond donors (Lipinski definition) is 1. The Bertz CT molecular complexity index is 897. The lowest BCUT2D eigenvalue weighted by atomic mass is 10.0. The fourth-order valence-corrected chi connectivity index (χ4v) is 3.13. The molecule has 1 aliphatic heterocycles. The van der Waals surface area contributed by atoms with Gasteiger partial charge in [0.1, 0.15) is 5.82 Å². The second-order valence-electron chi connectivity index (χ2n) is 5.40. The van der Waals surface area contributed by atoms with E-state index in [-0.39, 0.29) is 0 Å². The molecule has 23 heavy (non-hydrogen) atoms. The lowest BCUT2D eigenvalue weighted by Gasteiger charge is -2.14. The van der Waals surface area contributed by atoms with E-state index >= 15 is 0 Å². The van der Waals surface area contributed by atoms with Gasteiger partial charge in [0, 0.05) is 16.1 Å². The van der Waals surface area contributed by atoms with Crippen molar-refractivity contribution in [1.82, 2.24) is 9.55 Å². The third-order valence-corrected chi connectivity index (χ3v) is 4.23. The van der Waals surface area contributed by atoms with E-state index in [9.17, 15) is 0 Å². The maximum atomic E-state index is 6.25. The second kappa shape index (κ2) is 5.65. The van der Waals surface area contributed by atoms with E-state index in [1.54, 1.807) is 0 Å². The minimum Gasteiger partial charge on any atom is -0.324 e. The average molecular weight is 323 g/mol. The molecule has 0 saturated heterocycles. The highest BCUT2D eigenvalue weighted by molar-refractivity contribution is 6.31. The molecule has 0 atom stereocenters. The van der Waals surface area contributed by atoms with Gasteiger partial charge in [0.05, 0.1) is 36.4 Å². The number of fused-ring (bicyclic) bond motifs is 3. The van der Waals surface area contributed by atoms with Crippen LogP contribution < -0.4 is 5.73 Å². The summed E-state index contributed by atoms with van der Waals surface area (Å²) in [6.07, 6.45) is 1.85. The molecule has 4 rings (SSSR count). The number of aromatic nitrogens is 2. The Kier molecular flexibility index (Phi) is 3.48. The van der Waals surface area contributed by atoms with Crippen molar-refractivity contribution in [2.45, 2.75) is 13.1 Å². The predicted octanol–water partition coefficient (Wildman–Crippen LogP) is 3.34. The molecule has 0 saturated carbocycles. The third kappa shape index (κ3) is 2.36. The minimum absolute atomic E-state index is 0.378. The second-order valence-corrected chi connectivity index (χ2v) is 5.83. The Morgan fingerprint density at radius 2 is 1.96 bits per heavy atom. The number of nitrogens with zero attached hydrogens (tertiary/aromatic N) is 3. The highest BCUT2D eigenvalue weighted by Gasteiger charge is 2.21. The third-order valence-electron chi connectivity index (χ3n) is 3.99. The Balaban J connectivity index is 2.00. The normalized spacial score (nSPS) is 13.0. The molecule has 2 N–H and O–H groups in total. The summed E-state index contributed by atoms with van der Waals surface area (Å²) in [4.78, 5) is 9.23. The van der Waals surface area contributed by atoms with Crippen molar-refractivity contribution in [2.75, 3.05) is 0 Å². The lowest BCUT2D eigenvalue weighted by molar-refractivity contribution is 0.830. The van der Waals surface area contributed by atoms with Gasteiger partial charge in [-0.1, -0.05) is 41.9 Å². The molecule has 4 nitrogen and oxygen atoms in total. The average Bonchev–Trinajstić information content (AvgIpc) is 2.92. The Morgan fingerprint density at radius 1 is 1.13 bits per heavy atom. The van der Waals surface area contributed by atoms with Crippen molar-refractivity contribution in [3.8, 4) is 5.69 Å². The van der Waals surface area contributed by atoms with Crippen LogP contribution in [-0.2, 0) is 13.1 Å². The zero-order chi connectivity index (χ0) is 15.8. The van der Waals surface area contributed by atoms with E-state index in [0.29, 0.717) is 18.1 Å². The number of imidazole rings is 1. The number of nitrogens with two attached hydrogens (primary N) is 1. The molecule has 0 fully saturated rings. The topological polar surface area (TPSA) is 56.2 Å². The van der Waals surface area contributed by atoms with Crippen LogP contribution in [0.15, 0.2) is 59.7 Å². The zero-order valence-corrected chi connectivity index (χ0v) is 13.2. The van der Waals surface area contributed by atoms with Gasteiger partial charge in [-0.2, -0.15) is 0 Å². The van der Waals surface area contributed by atoms with Crippen LogP contribution in [0.3, 0.4) is 0 Å². The van der Waals surface area contributed by atoms with Crippen LogP contribution in [0.2, 0.25) is 5.02 Å². The van der Waals surface area contributed by atoms with Crippen molar-refractivity contribution in [3.63, 3.8) is 0 Å². The van der Waals surface area contributed by atoms with Gasteiger partial charge in [-0.3, -0.25) is 9.56 Å². The Labute approximate surface area is 139 Å². The summed E-state index contributed by atoms with van der Waals surface area (Å²) < 4.78 is 2.09. The van der Waals surface area contributed by atoms with E-state index in [2.05, 4.69) is 21.7 Å². The monoisotopic (exact) mass is 322 g/mol. The van der Waals surface area contributed by atoms with Crippen LogP contribution >= 0.6 is 11.6 Å². The predicted molar refractivity (Wildman–Crippen MR) is 92.3 cm³/mol. The summed E-state index contributed by atoms with van der Waals surface area (Å²) in [5.41, 5.74) is 10.9. The van der Waals surface area contributed by atoms with Crippen molar-refractivity contribution in [3.05, 3.63) is 82.4 Å². The summed E-state index contributed by atoms with van der Waals surface area (Å²) in [7, 11) is 0. The molecular weight excluding hydrogens is 308 g/mol. The summed E-state index contributed by atoms with van der Waals surface area (Å²) >= 11 is 6.25. The van der Waals surface area contributed by atoms with Crippen LogP contribution in [0.5, 0.6) is 0 Å². The van der Waals surface area contributed by atoms with Crippen LogP contribution in [0.25, 0.3) is 5.69 Å². The molecule has 0 spiro atoms. The molecule has 0 unspecified atom stereocenters. The first-order valence-electron chi connectivity index (χ1n) is 7.43. The van der Waals surface area contributed by atoms with Gasteiger partial charge in [0.2, 0.25) is 0 Å². The highest BCUT2D eigenvalue weighted by Crippen LogP contribution is 2.28. The summed E-state index contributed by atoms with van der Waals surface area (Å²) in [6.45, 7) is 0.937. The van der Waals surface area contributed by atoms with E-state index in [1.165, 1.54) is 0 Å². The first-order valence-corrected chi connectivity index (χ1v) is 7.81. The number of aliphatic imine (C=N–C) groups is 1. The smallest absolute Gasteiger partial charge is 0.127 e. The standard InChI is InChI=1S/C18H15ClN4/c19-13-6-7-16-15(8-13)18(12-4-2-1-3-5-12)22-11-14-10-21-17(9-20)23(14)16/h1-8,10H,9,11,20H2. The molecule has 1 aliphatic rings. The van der Waals surface area contributed by atoms with E-state index in [4.69, 9.17) is 22.3 Å². The summed E-state index contributed by atoms with van der Waals surface area (Å²) in [6, 6.07) is 16.0. The molecular formula is C18H15ClN4. The van der Waals surface area contributed by atoms with E-state index < -0.39 is 0 Å². The number of hydrogen-bond acceptors (Lipinski definition) is 3. The van der Waals surface area contributed by atoms with Crippen LogP contribution in [0.1, 0.15) is 22.6 Å². The molecule has 2 heterocycles. The van der Waals surface area contributed by atoms with Crippen molar-refractivity contribution >= 4 is 17.3 Å². The zero-order valence-electron chi connectivity index (χ0n) is 12.4. The molecule has 3 aromatic rings. The maximum absolute atomic E-state index is 6.25. The minimum atomic E-state index is 0.378. The van der Waals surface area contributed by atoms with Crippen molar-refractivity contribution in [2.24, 2.45) is 10.7 Å². The molecule has 0 aliphatic carbocycles. The first kappa shape index (κ1) is 14.2. The molecule has 1 aromatic heterocycles. The Morgan fingerprint density at radius 3 is 2.74 bits per heavy atom. The highest BCUT2D eigenvalue weighted by atomic mass is 35.5. The van der Waals surface area contributed by atoms with Gasteiger partial charge in [0.25, 0.3) is 0 Å². The summed E-state index contributed by atoms with van der Waals surface area (Å²) in [5.74, 6) is 0.827. The SMILES string of the molecule is NCc1ncc2n1-c1ccc(Cl)cc1C(c1ccccc1)=NC2. The van der Waals surface area contributed by atoms with E-state index in [1.807, 2.05) is 42.6 Å². The number of rotatable bonds is 2. The van der Waals surface area contributed by atoms with E-state index in [0.717, 1.165) is 34.0 Å². The number of benzene rings is 2. The van der Waals surface area contributed by atoms with Gasteiger partial charge in [-0.25, -0.2) is 4.98 Å². The van der Waals surface area contributed by atoms with Crippen LogP contribution in [-0.4, -0.2) is 15.3 Å². The van der Waals surface area contributed by atoms with Gasteiger partial charge in [-0.15, -0.1) is 0 Å². The van der Waals surface area contributed by atoms with Gasteiger partial charge >= 0.3 is 0 Å². The molecule has 2 aromatic carbocycles. The first-order chi connectivity index (χ1) is 11.3. The maximum Gasteiger partial charge on any atom is 0.127 e. The van der Waals surface area contributed by atoms with Gasteiger partial charge in [0.15, 0.2) is 0 Å². The quantitative estimate of drug-likeness (QED) is 0.786. The van der Waals surface area contributed by atoms with Gasteiger partial charge in [-0.05, 0) is 18.2 Å². The largest absolute Gasteiger partial charge is 0.324 e.